The first-order valence-electron chi connectivity index (χ1n) is 9.20. The third-order valence-corrected chi connectivity index (χ3v) is 5.66. The van der Waals surface area contributed by atoms with Crippen molar-refractivity contribution in [1.29, 1.82) is 0 Å². The van der Waals surface area contributed by atoms with Crippen LogP contribution in [0.5, 0.6) is 11.5 Å². The molecule has 1 N–H and O–H groups in total. The van der Waals surface area contributed by atoms with E-state index in [4.69, 9.17) is 14.5 Å². The Morgan fingerprint density at radius 2 is 1.82 bits per heavy atom. The van der Waals surface area contributed by atoms with Crippen molar-refractivity contribution in [2.24, 2.45) is 0 Å². The third kappa shape index (κ3) is 3.92. The Bertz CT molecular complexity index is 1070. The molecular formula is C22H22N2O3S. The molecule has 0 saturated carbocycles. The number of carbonyl (C=O) groups is 1. The molecule has 1 aliphatic heterocycles. The number of fused-ring (bicyclic) bond motifs is 2. The summed E-state index contributed by atoms with van der Waals surface area (Å²) >= 11 is 1.45. The van der Waals surface area contributed by atoms with Gasteiger partial charge in [0.2, 0.25) is 5.91 Å². The molecule has 2 heterocycles. The number of anilines is 1. The SMILES string of the molecule is Cc1cc(C)c2nc(SCC(=O)Nc3ccc4c(c3)OCCO4)c(C)cc2c1. The summed E-state index contributed by atoms with van der Waals surface area (Å²) in [6.07, 6.45) is 0. The number of aromatic nitrogens is 1. The average Bonchev–Trinajstić information content (AvgIpc) is 2.66. The van der Waals surface area contributed by atoms with Crippen molar-refractivity contribution in [2.75, 3.05) is 24.3 Å². The molecule has 0 atom stereocenters. The third-order valence-electron chi connectivity index (χ3n) is 4.56. The molecule has 1 aromatic heterocycles. The number of pyridine rings is 1. The fourth-order valence-corrected chi connectivity index (χ4v) is 4.12. The smallest absolute Gasteiger partial charge is 0.234 e. The number of thioether (sulfide) groups is 1. The Labute approximate surface area is 168 Å². The van der Waals surface area contributed by atoms with Crippen LogP contribution in [0.1, 0.15) is 16.7 Å². The molecule has 4 rings (SSSR count). The van der Waals surface area contributed by atoms with Gasteiger partial charge in [-0.1, -0.05) is 23.4 Å². The predicted molar refractivity (Wildman–Crippen MR) is 113 cm³/mol. The molecule has 0 aliphatic carbocycles. The summed E-state index contributed by atoms with van der Waals surface area (Å²) in [4.78, 5) is 17.2. The van der Waals surface area contributed by atoms with Gasteiger partial charge in [0, 0.05) is 17.1 Å². The van der Waals surface area contributed by atoms with E-state index in [2.05, 4.69) is 37.4 Å². The molecule has 1 aliphatic rings. The Kier molecular flexibility index (Phi) is 5.13. The topological polar surface area (TPSA) is 60.5 Å². The summed E-state index contributed by atoms with van der Waals surface area (Å²) in [6, 6.07) is 11.9. The number of amides is 1. The zero-order valence-corrected chi connectivity index (χ0v) is 17.0. The summed E-state index contributed by atoms with van der Waals surface area (Å²) in [7, 11) is 0. The Morgan fingerprint density at radius 1 is 1.04 bits per heavy atom. The van der Waals surface area contributed by atoms with E-state index in [0.29, 0.717) is 36.2 Å². The number of ether oxygens (including phenoxy) is 2. The standard InChI is InChI=1S/C22H22N2O3S/c1-13-8-14(2)21-16(9-13)10-15(3)22(24-21)28-12-20(25)23-17-4-5-18-19(11-17)27-7-6-26-18/h4-5,8-11H,6-7,12H2,1-3H3,(H,23,25). The zero-order valence-electron chi connectivity index (χ0n) is 16.2. The van der Waals surface area contributed by atoms with Crippen LogP contribution in [0.2, 0.25) is 0 Å². The Morgan fingerprint density at radius 3 is 2.64 bits per heavy atom. The largest absolute Gasteiger partial charge is 0.486 e. The lowest BCUT2D eigenvalue weighted by Gasteiger charge is -2.19. The van der Waals surface area contributed by atoms with Crippen molar-refractivity contribution in [3.8, 4) is 11.5 Å². The number of nitrogens with one attached hydrogen (secondary N) is 1. The van der Waals surface area contributed by atoms with E-state index in [9.17, 15) is 4.79 Å². The molecular weight excluding hydrogens is 372 g/mol. The van der Waals surface area contributed by atoms with Gasteiger partial charge < -0.3 is 14.8 Å². The highest BCUT2D eigenvalue weighted by Crippen LogP contribution is 2.33. The lowest BCUT2D eigenvalue weighted by atomic mass is 10.1. The molecule has 144 valence electrons. The van der Waals surface area contributed by atoms with Crippen molar-refractivity contribution >= 4 is 34.3 Å². The maximum absolute atomic E-state index is 12.4. The highest BCUT2D eigenvalue weighted by molar-refractivity contribution is 8.00. The monoisotopic (exact) mass is 394 g/mol. The molecule has 0 spiro atoms. The van der Waals surface area contributed by atoms with E-state index >= 15 is 0 Å². The first-order chi connectivity index (χ1) is 13.5. The van der Waals surface area contributed by atoms with E-state index in [-0.39, 0.29) is 5.91 Å². The van der Waals surface area contributed by atoms with E-state index in [1.165, 1.54) is 17.3 Å². The van der Waals surface area contributed by atoms with Crippen molar-refractivity contribution in [3.05, 3.63) is 53.1 Å². The quantitative estimate of drug-likeness (QED) is 0.652. The summed E-state index contributed by atoms with van der Waals surface area (Å²) in [5.41, 5.74) is 5.15. The Balaban J connectivity index is 1.45. The number of hydrogen-bond donors (Lipinski definition) is 1. The van der Waals surface area contributed by atoms with Crippen molar-refractivity contribution in [2.45, 2.75) is 25.8 Å². The highest BCUT2D eigenvalue weighted by atomic mass is 32.2. The number of nitrogens with zero attached hydrogens (tertiary/aromatic N) is 1. The second-order valence-corrected chi connectivity index (χ2v) is 7.92. The first-order valence-corrected chi connectivity index (χ1v) is 10.2. The van der Waals surface area contributed by atoms with Gasteiger partial charge in [-0.3, -0.25) is 4.79 Å². The first kappa shape index (κ1) is 18.6. The molecule has 1 amide bonds. The van der Waals surface area contributed by atoms with Crippen LogP contribution >= 0.6 is 11.8 Å². The number of aryl methyl sites for hydroxylation is 3. The molecule has 0 saturated heterocycles. The van der Waals surface area contributed by atoms with Crippen LogP contribution in [-0.4, -0.2) is 29.9 Å². The molecule has 6 heteroatoms. The minimum absolute atomic E-state index is 0.0800. The van der Waals surface area contributed by atoms with Crippen LogP contribution in [0, 0.1) is 20.8 Å². The number of rotatable bonds is 4. The van der Waals surface area contributed by atoms with E-state index < -0.39 is 0 Å². The molecule has 28 heavy (non-hydrogen) atoms. The van der Waals surface area contributed by atoms with Crippen LogP contribution in [0.3, 0.4) is 0 Å². The minimum Gasteiger partial charge on any atom is -0.486 e. The number of benzene rings is 2. The maximum atomic E-state index is 12.4. The van der Waals surface area contributed by atoms with Crippen LogP contribution in [0.15, 0.2) is 41.4 Å². The van der Waals surface area contributed by atoms with Crippen LogP contribution < -0.4 is 14.8 Å². The zero-order chi connectivity index (χ0) is 19.7. The molecule has 5 nitrogen and oxygen atoms in total. The molecule has 0 fully saturated rings. The summed E-state index contributed by atoms with van der Waals surface area (Å²) < 4.78 is 11.1. The lowest BCUT2D eigenvalue weighted by molar-refractivity contribution is -0.113. The van der Waals surface area contributed by atoms with Gasteiger partial charge >= 0.3 is 0 Å². The van der Waals surface area contributed by atoms with Gasteiger partial charge in [0.25, 0.3) is 0 Å². The van der Waals surface area contributed by atoms with Gasteiger partial charge in [-0.15, -0.1) is 0 Å². The maximum Gasteiger partial charge on any atom is 0.234 e. The van der Waals surface area contributed by atoms with Crippen LogP contribution in [0.25, 0.3) is 10.9 Å². The van der Waals surface area contributed by atoms with E-state index in [1.54, 1.807) is 6.07 Å². The van der Waals surface area contributed by atoms with E-state index in [1.807, 2.05) is 19.1 Å². The van der Waals surface area contributed by atoms with Gasteiger partial charge in [-0.05, 0) is 56.2 Å². The van der Waals surface area contributed by atoms with Crippen molar-refractivity contribution in [3.63, 3.8) is 0 Å². The molecule has 0 unspecified atom stereocenters. The fourth-order valence-electron chi connectivity index (χ4n) is 3.34. The fraction of sp³-hybridized carbons (Fsp3) is 0.273. The van der Waals surface area contributed by atoms with Gasteiger partial charge in [0.05, 0.1) is 11.3 Å². The number of hydrogen-bond acceptors (Lipinski definition) is 5. The van der Waals surface area contributed by atoms with Gasteiger partial charge in [0.1, 0.15) is 18.2 Å². The van der Waals surface area contributed by atoms with E-state index in [0.717, 1.165) is 27.1 Å². The summed E-state index contributed by atoms with van der Waals surface area (Å²) in [6.45, 7) is 7.26. The van der Waals surface area contributed by atoms with Crippen LogP contribution in [-0.2, 0) is 4.79 Å². The Hall–Kier alpha value is -2.73. The number of carbonyl (C=O) groups excluding carboxylic acids is 1. The van der Waals surface area contributed by atoms with Crippen LogP contribution in [0.4, 0.5) is 5.69 Å². The predicted octanol–water partition coefficient (Wildman–Crippen LogP) is 4.66. The molecule has 2 aromatic carbocycles. The van der Waals surface area contributed by atoms with Gasteiger partial charge in [-0.25, -0.2) is 4.98 Å². The summed E-state index contributed by atoms with van der Waals surface area (Å²) in [5.74, 6) is 1.58. The van der Waals surface area contributed by atoms with Crippen molar-refractivity contribution in [1.82, 2.24) is 4.98 Å². The highest BCUT2D eigenvalue weighted by Gasteiger charge is 2.14. The van der Waals surface area contributed by atoms with Gasteiger partial charge in [0.15, 0.2) is 11.5 Å². The average molecular weight is 394 g/mol. The second kappa shape index (κ2) is 7.72. The second-order valence-electron chi connectivity index (χ2n) is 6.96. The lowest BCUT2D eigenvalue weighted by Crippen LogP contribution is -2.17. The normalized spacial score (nSPS) is 12.8. The molecule has 0 radical (unpaired) electrons. The van der Waals surface area contributed by atoms with Crippen molar-refractivity contribution < 1.29 is 14.3 Å². The molecule has 0 bridgehead atoms. The summed E-state index contributed by atoms with van der Waals surface area (Å²) in [5, 5.41) is 4.94. The molecule has 3 aromatic rings. The minimum atomic E-state index is -0.0800. The van der Waals surface area contributed by atoms with Gasteiger partial charge in [-0.2, -0.15) is 0 Å².